The van der Waals surface area contributed by atoms with Crippen LogP contribution in [0.15, 0.2) is 194 Å². The van der Waals surface area contributed by atoms with Crippen molar-refractivity contribution in [1.29, 1.82) is 0 Å². The molecule has 0 aliphatic rings. The maximum absolute atomic E-state index is 2.51. The Morgan fingerprint density at radius 2 is 0.500 bits per heavy atom. The van der Waals surface area contributed by atoms with Gasteiger partial charge in [0, 0.05) is 0 Å². The molecule has 0 amide bonds. The zero-order chi connectivity index (χ0) is 33.0. The van der Waals surface area contributed by atoms with E-state index in [1.807, 2.05) is 0 Å². The van der Waals surface area contributed by atoms with Crippen LogP contribution in [-0.4, -0.2) is 0 Å². The second-order valence-electron chi connectivity index (χ2n) is 13.1. The average molecular weight is 633 g/mol. The summed E-state index contributed by atoms with van der Waals surface area (Å²) >= 11 is 0. The molecular formula is C50H32. The first-order chi connectivity index (χ1) is 24.9. The Bertz CT molecular complexity index is 2830. The molecule has 0 saturated heterocycles. The Kier molecular flexibility index (Phi) is 6.60. The summed E-state index contributed by atoms with van der Waals surface area (Å²) in [5.74, 6) is 0. The molecule has 232 valence electrons. The zero-order valence-electron chi connectivity index (χ0n) is 27.5. The molecule has 0 unspecified atom stereocenters. The smallest absolute Gasteiger partial charge is 0.00137 e. The van der Waals surface area contributed by atoms with Crippen molar-refractivity contribution in [1.82, 2.24) is 0 Å². The third-order valence-corrected chi connectivity index (χ3v) is 10.4. The van der Waals surface area contributed by atoms with Crippen LogP contribution < -0.4 is 0 Å². The molecule has 10 aromatic carbocycles. The molecule has 0 atom stereocenters. The highest BCUT2D eigenvalue weighted by atomic mass is 14.3. The normalized spacial score (nSPS) is 11.6. The van der Waals surface area contributed by atoms with Gasteiger partial charge in [-0.25, -0.2) is 0 Å². The monoisotopic (exact) mass is 632 g/mol. The molecule has 0 heteroatoms. The Labute approximate surface area is 291 Å². The lowest BCUT2D eigenvalue weighted by atomic mass is 9.80. The summed E-state index contributed by atoms with van der Waals surface area (Å²) in [4.78, 5) is 0. The minimum Gasteiger partial charge on any atom is -0.0622 e. The van der Waals surface area contributed by atoms with Crippen LogP contribution in [0.3, 0.4) is 0 Å². The van der Waals surface area contributed by atoms with Crippen LogP contribution in [-0.2, 0) is 0 Å². The average Bonchev–Trinajstić information content (AvgIpc) is 3.19. The van der Waals surface area contributed by atoms with Crippen molar-refractivity contribution in [2.24, 2.45) is 0 Å². The fourth-order valence-electron chi connectivity index (χ4n) is 8.40. The first-order valence-corrected chi connectivity index (χ1v) is 17.4. The molecule has 0 N–H and O–H groups in total. The van der Waals surface area contributed by atoms with Gasteiger partial charge >= 0.3 is 0 Å². The Hall–Kier alpha value is -6.50. The van der Waals surface area contributed by atoms with E-state index in [4.69, 9.17) is 0 Å². The lowest BCUT2D eigenvalue weighted by molar-refractivity contribution is 1.65. The first-order valence-electron chi connectivity index (χ1n) is 17.4. The van der Waals surface area contributed by atoms with Gasteiger partial charge in [0.05, 0.1) is 0 Å². The van der Waals surface area contributed by atoms with Crippen LogP contribution >= 0.6 is 0 Å². The Morgan fingerprint density at radius 1 is 0.200 bits per heavy atom. The molecule has 0 heterocycles. The molecule has 50 heavy (non-hydrogen) atoms. The van der Waals surface area contributed by atoms with Gasteiger partial charge in [-0.3, -0.25) is 0 Å². The summed E-state index contributed by atoms with van der Waals surface area (Å²) in [6.07, 6.45) is 0. The van der Waals surface area contributed by atoms with Crippen molar-refractivity contribution in [2.75, 3.05) is 0 Å². The number of benzene rings is 10. The van der Waals surface area contributed by atoms with Gasteiger partial charge in [-0.15, -0.1) is 0 Å². The predicted molar refractivity (Wildman–Crippen MR) is 216 cm³/mol. The Morgan fingerprint density at radius 3 is 0.940 bits per heavy atom. The van der Waals surface area contributed by atoms with Crippen molar-refractivity contribution in [3.63, 3.8) is 0 Å². The third-order valence-electron chi connectivity index (χ3n) is 10.4. The SMILES string of the molecule is c1ccc(-c2c3ccccc3c(-c3cc4c(-c5ccccc5)c5ccccc5c(-c5ccccc5)c4c4ccccc34)c3ccccc23)cc1. The number of fused-ring (bicyclic) bond motifs is 6. The topological polar surface area (TPSA) is 0 Å². The molecule has 10 aromatic rings. The van der Waals surface area contributed by atoms with Crippen molar-refractivity contribution in [3.05, 3.63) is 194 Å². The van der Waals surface area contributed by atoms with Crippen LogP contribution in [0.25, 0.3) is 98.4 Å². The summed E-state index contributed by atoms with van der Waals surface area (Å²) in [6.45, 7) is 0. The lowest BCUT2D eigenvalue weighted by Gasteiger charge is -2.23. The van der Waals surface area contributed by atoms with Crippen molar-refractivity contribution in [3.8, 4) is 44.5 Å². The van der Waals surface area contributed by atoms with Gasteiger partial charge in [-0.1, -0.05) is 188 Å². The van der Waals surface area contributed by atoms with Crippen LogP contribution in [0.1, 0.15) is 0 Å². The van der Waals surface area contributed by atoms with Gasteiger partial charge in [-0.05, 0) is 104 Å². The van der Waals surface area contributed by atoms with Crippen molar-refractivity contribution in [2.45, 2.75) is 0 Å². The second kappa shape index (κ2) is 11.6. The number of hydrogen-bond donors (Lipinski definition) is 0. The molecule has 0 aliphatic heterocycles. The van der Waals surface area contributed by atoms with Crippen molar-refractivity contribution < 1.29 is 0 Å². The quantitative estimate of drug-likeness (QED) is 0.134. The highest BCUT2D eigenvalue weighted by Crippen LogP contribution is 2.51. The summed E-state index contributed by atoms with van der Waals surface area (Å²) < 4.78 is 0. The molecule has 0 saturated carbocycles. The van der Waals surface area contributed by atoms with Crippen LogP contribution in [0, 0.1) is 0 Å². The minimum atomic E-state index is 1.23. The standard InChI is InChI=1S/C50H32/c1-4-18-33(19-5-1)46-39-27-13-16-30-42(39)49(43-31-17-14-28-40(43)46)44-32-45-47(34-20-6-2-7-21-34)38-26-12-15-29-41(38)48(35-22-8-3-9-23-35)50(45)37-25-11-10-24-36(37)44/h1-32H. The van der Waals surface area contributed by atoms with Crippen LogP contribution in [0.2, 0.25) is 0 Å². The van der Waals surface area contributed by atoms with E-state index in [0.717, 1.165) is 0 Å². The summed E-state index contributed by atoms with van der Waals surface area (Å²) in [5.41, 5.74) is 10.1. The zero-order valence-corrected chi connectivity index (χ0v) is 27.5. The van der Waals surface area contributed by atoms with Crippen LogP contribution in [0.5, 0.6) is 0 Å². The highest BCUT2D eigenvalue weighted by Gasteiger charge is 2.23. The maximum atomic E-state index is 2.51. The van der Waals surface area contributed by atoms with E-state index < -0.39 is 0 Å². The predicted octanol–water partition coefficient (Wildman–Crippen LogP) is 14.1. The summed E-state index contributed by atoms with van der Waals surface area (Å²) in [6, 6.07) is 71.2. The summed E-state index contributed by atoms with van der Waals surface area (Å²) in [7, 11) is 0. The van der Waals surface area contributed by atoms with Crippen molar-refractivity contribution >= 4 is 53.9 Å². The van der Waals surface area contributed by atoms with Gasteiger partial charge in [0.2, 0.25) is 0 Å². The molecular weight excluding hydrogens is 601 g/mol. The third kappa shape index (κ3) is 4.32. The minimum absolute atomic E-state index is 1.23. The van der Waals surface area contributed by atoms with E-state index >= 15 is 0 Å². The molecule has 0 nitrogen and oxygen atoms in total. The highest BCUT2D eigenvalue weighted by molar-refractivity contribution is 6.32. The molecule has 0 bridgehead atoms. The van der Waals surface area contributed by atoms with Gasteiger partial charge in [0.1, 0.15) is 0 Å². The van der Waals surface area contributed by atoms with Gasteiger partial charge in [0.15, 0.2) is 0 Å². The van der Waals surface area contributed by atoms with E-state index in [-0.39, 0.29) is 0 Å². The van der Waals surface area contributed by atoms with E-state index in [9.17, 15) is 0 Å². The second-order valence-corrected chi connectivity index (χ2v) is 13.1. The fraction of sp³-hybridized carbons (Fsp3) is 0. The van der Waals surface area contributed by atoms with E-state index in [2.05, 4.69) is 194 Å². The molecule has 10 rings (SSSR count). The molecule has 0 aromatic heterocycles. The fourth-order valence-corrected chi connectivity index (χ4v) is 8.40. The maximum Gasteiger partial charge on any atom is -0.00137 e. The molecule has 0 aliphatic carbocycles. The lowest BCUT2D eigenvalue weighted by Crippen LogP contribution is -1.95. The van der Waals surface area contributed by atoms with E-state index in [1.165, 1.54) is 98.4 Å². The largest absolute Gasteiger partial charge is 0.0622 e. The van der Waals surface area contributed by atoms with E-state index in [1.54, 1.807) is 0 Å². The number of rotatable bonds is 4. The Balaban J connectivity index is 1.46. The summed E-state index contributed by atoms with van der Waals surface area (Å²) in [5, 5.41) is 12.7. The number of hydrogen-bond acceptors (Lipinski definition) is 0. The molecule has 0 radical (unpaired) electrons. The first kappa shape index (κ1) is 28.5. The van der Waals surface area contributed by atoms with E-state index in [0.29, 0.717) is 0 Å². The van der Waals surface area contributed by atoms with Gasteiger partial charge in [-0.2, -0.15) is 0 Å². The van der Waals surface area contributed by atoms with Gasteiger partial charge in [0.25, 0.3) is 0 Å². The van der Waals surface area contributed by atoms with Crippen LogP contribution in [0.4, 0.5) is 0 Å². The molecule has 0 fully saturated rings. The van der Waals surface area contributed by atoms with Gasteiger partial charge < -0.3 is 0 Å². The molecule has 0 spiro atoms.